The fourth-order valence-electron chi connectivity index (χ4n) is 5.62. The van der Waals surface area contributed by atoms with Gasteiger partial charge in [-0.1, -0.05) is 0 Å². The first-order chi connectivity index (χ1) is 18.8. The van der Waals surface area contributed by atoms with Gasteiger partial charge in [0.1, 0.15) is 36.9 Å². The number of aromatic amines is 2. The minimum atomic E-state index is -0.723. The number of aryl methyl sites for hydroxylation is 2. The molecule has 1 saturated heterocycles. The minimum Gasteiger partial charge on any atom is -0.491 e. The van der Waals surface area contributed by atoms with Gasteiger partial charge in [-0.2, -0.15) is 0 Å². The second-order valence-corrected chi connectivity index (χ2v) is 10.6. The van der Waals surface area contributed by atoms with E-state index in [0.29, 0.717) is 13.2 Å². The van der Waals surface area contributed by atoms with Crippen molar-refractivity contribution in [3.05, 3.63) is 72.3 Å². The van der Waals surface area contributed by atoms with E-state index in [0.717, 1.165) is 66.5 Å². The maximum absolute atomic E-state index is 6.20. The summed E-state index contributed by atoms with van der Waals surface area (Å²) in [4.78, 5) is 15.7. The summed E-state index contributed by atoms with van der Waals surface area (Å²) >= 11 is 0. The SMILES string of the molecule is Cc1nccc2c1[nH]c1cc(OCC3OC(C)(C)O[C@@H]3COc3ccc4c(c3)[nH]c3c(C)nccc34)ccc12. The molecule has 7 rings (SSSR count). The lowest BCUT2D eigenvalue weighted by Gasteiger charge is -2.18. The largest absolute Gasteiger partial charge is 0.491 e. The fourth-order valence-corrected chi connectivity index (χ4v) is 5.62. The van der Waals surface area contributed by atoms with Crippen LogP contribution >= 0.6 is 0 Å². The lowest BCUT2D eigenvalue weighted by molar-refractivity contribution is -0.150. The van der Waals surface area contributed by atoms with Gasteiger partial charge < -0.3 is 28.9 Å². The maximum Gasteiger partial charge on any atom is 0.164 e. The number of rotatable bonds is 6. The molecule has 6 aromatic rings. The number of benzene rings is 2. The third-order valence-corrected chi connectivity index (χ3v) is 7.48. The van der Waals surface area contributed by atoms with E-state index < -0.39 is 5.79 Å². The molecule has 198 valence electrons. The second-order valence-electron chi connectivity index (χ2n) is 10.6. The van der Waals surface area contributed by atoms with Crippen molar-refractivity contribution < 1.29 is 18.9 Å². The van der Waals surface area contributed by atoms with Crippen molar-refractivity contribution in [2.75, 3.05) is 13.2 Å². The molecule has 0 spiro atoms. The minimum absolute atomic E-state index is 0.282. The molecule has 5 heterocycles. The van der Waals surface area contributed by atoms with Gasteiger partial charge in [0.2, 0.25) is 0 Å². The van der Waals surface area contributed by atoms with Gasteiger partial charge in [0, 0.05) is 46.1 Å². The van der Waals surface area contributed by atoms with E-state index in [1.807, 2.05) is 76.5 Å². The van der Waals surface area contributed by atoms with Gasteiger partial charge in [0.25, 0.3) is 0 Å². The molecule has 0 radical (unpaired) electrons. The zero-order chi connectivity index (χ0) is 26.7. The lowest BCUT2D eigenvalue weighted by atomic mass is 10.1. The topological polar surface area (TPSA) is 94.3 Å². The maximum atomic E-state index is 6.20. The summed E-state index contributed by atoms with van der Waals surface area (Å²) < 4.78 is 24.8. The highest BCUT2D eigenvalue weighted by Gasteiger charge is 2.42. The van der Waals surface area contributed by atoms with Crippen LogP contribution in [0.2, 0.25) is 0 Å². The van der Waals surface area contributed by atoms with Crippen LogP contribution in [0.5, 0.6) is 11.5 Å². The summed E-state index contributed by atoms with van der Waals surface area (Å²) in [6.07, 6.45) is 3.12. The predicted octanol–water partition coefficient (Wildman–Crippen LogP) is 6.34. The van der Waals surface area contributed by atoms with Crippen molar-refractivity contribution >= 4 is 43.6 Å². The summed E-state index contributed by atoms with van der Waals surface area (Å²) in [5, 5.41) is 4.61. The first kappa shape index (κ1) is 23.9. The van der Waals surface area contributed by atoms with Crippen LogP contribution in [0.3, 0.4) is 0 Å². The number of aromatic nitrogens is 4. The van der Waals surface area contributed by atoms with Gasteiger partial charge >= 0.3 is 0 Å². The standard InChI is InChI=1S/C31H30N4O4/c1-17-29-23(9-11-32-17)21-7-5-19(13-25(21)34-29)36-15-27-28(39-31(3,4)38-27)16-37-20-6-8-22-24-10-12-33-18(2)30(24)35-26(22)14-20/h5-14,27-28,34-35H,15-16H2,1-4H3/t27-,28?/m1/s1. The van der Waals surface area contributed by atoms with Crippen molar-refractivity contribution in [3.8, 4) is 11.5 Å². The van der Waals surface area contributed by atoms with Crippen molar-refractivity contribution in [1.82, 2.24) is 19.9 Å². The Morgan fingerprint density at radius 1 is 0.692 bits per heavy atom. The van der Waals surface area contributed by atoms with Gasteiger partial charge in [0.15, 0.2) is 5.79 Å². The number of fused-ring (bicyclic) bond motifs is 6. The van der Waals surface area contributed by atoms with E-state index in [-0.39, 0.29) is 12.2 Å². The normalized spacial score (nSPS) is 19.0. The summed E-state index contributed by atoms with van der Waals surface area (Å²) in [6.45, 7) is 8.54. The molecule has 0 amide bonds. The molecule has 0 saturated carbocycles. The van der Waals surface area contributed by atoms with Crippen LogP contribution < -0.4 is 9.47 Å². The molecule has 1 aliphatic heterocycles. The van der Waals surface area contributed by atoms with Crippen LogP contribution in [0.25, 0.3) is 43.6 Å². The molecular weight excluding hydrogens is 492 g/mol. The third kappa shape index (κ3) is 4.26. The van der Waals surface area contributed by atoms with Crippen LogP contribution in [0, 0.1) is 13.8 Å². The molecular formula is C31H30N4O4. The van der Waals surface area contributed by atoms with Crippen molar-refractivity contribution in [3.63, 3.8) is 0 Å². The number of nitrogens with one attached hydrogen (secondary N) is 2. The Hall–Kier alpha value is -4.14. The second kappa shape index (κ2) is 8.97. The Morgan fingerprint density at radius 3 is 1.62 bits per heavy atom. The summed E-state index contributed by atoms with van der Waals surface area (Å²) in [7, 11) is 0. The molecule has 0 aliphatic carbocycles. The highest BCUT2D eigenvalue weighted by Crippen LogP contribution is 2.33. The first-order valence-electron chi connectivity index (χ1n) is 13.2. The molecule has 8 heteroatoms. The van der Waals surface area contributed by atoms with Gasteiger partial charge in [-0.15, -0.1) is 0 Å². The highest BCUT2D eigenvalue weighted by molar-refractivity contribution is 6.08. The number of ether oxygens (including phenoxy) is 4. The van der Waals surface area contributed by atoms with Crippen molar-refractivity contribution in [2.45, 2.75) is 45.7 Å². The zero-order valence-electron chi connectivity index (χ0n) is 22.4. The summed E-state index contributed by atoms with van der Waals surface area (Å²) in [6, 6.07) is 16.3. The van der Waals surface area contributed by atoms with Gasteiger partial charge in [-0.25, -0.2) is 0 Å². The lowest BCUT2D eigenvalue weighted by Crippen LogP contribution is -2.33. The monoisotopic (exact) mass is 522 g/mol. The van der Waals surface area contributed by atoms with Gasteiger partial charge in [-0.05, 0) is 64.1 Å². The van der Waals surface area contributed by atoms with E-state index in [1.54, 1.807) is 0 Å². The average Bonchev–Trinajstić information content (AvgIpc) is 3.57. The molecule has 1 unspecified atom stereocenters. The van der Waals surface area contributed by atoms with Crippen LogP contribution in [-0.2, 0) is 9.47 Å². The number of nitrogens with zero attached hydrogens (tertiary/aromatic N) is 2. The van der Waals surface area contributed by atoms with E-state index in [9.17, 15) is 0 Å². The fraction of sp³-hybridized carbons (Fsp3) is 0.290. The van der Waals surface area contributed by atoms with Crippen LogP contribution in [0.4, 0.5) is 0 Å². The van der Waals surface area contributed by atoms with E-state index in [2.05, 4.69) is 32.1 Å². The smallest absolute Gasteiger partial charge is 0.164 e. The molecule has 2 atom stereocenters. The van der Waals surface area contributed by atoms with Crippen molar-refractivity contribution in [2.24, 2.45) is 0 Å². The van der Waals surface area contributed by atoms with Crippen LogP contribution in [0.15, 0.2) is 60.9 Å². The Balaban J connectivity index is 1.06. The summed E-state index contributed by atoms with van der Waals surface area (Å²) in [5.74, 6) is 0.808. The average molecular weight is 523 g/mol. The van der Waals surface area contributed by atoms with Gasteiger partial charge in [0.05, 0.1) is 33.5 Å². The molecule has 2 aromatic carbocycles. The Morgan fingerprint density at radius 2 is 1.15 bits per heavy atom. The Kier molecular flexibility index (Phi) is 5.50. The van der Waals surface area contributed by atoms with Crippen LogP contribution in [-0.4, -0.2) is 51.1 Å². The number of H-pyrrole nitrogens is 2. The van der Waals surface area contributed by atoms with E-state index >= 15 is 0 Å². The number of hydrogen-bond acceptors (Lipinski definition) is 6. The van der Waals surface area contributed by atoms with Crippen molar-refractivity contribution in [1.29, 1.82) is 0 Å². The Bertz CT molecular complexity index is 1720. The molecule has 1 fully saturated rings. The molecule has 4 aromatic heterocycles. The third-order valence-electron chi connectivity index (χ3n) is 7.48. The summed E-state index contributed by atoms with van der Waals surface area (Å²) in [5.41, 5.74) is 6.08. The molecule has 0 bridgehead atoms. The quantitative estimate of drug-likeness (QED) is 0.265. The first-order valence-corrected chi connectivity index (χ1v) is 13.2. The molecule has 39 heavy (non-hydrogen) atoms. The van der Waals surface area contributed by atoms with Crippen LogP contribution in [0.1, 0.15) is 25.2 Å². The highest BCUT2D eigenvalue weighted by atomic mass is 16.8. The zero-order valence-corrected chi connectivity index (χ0v) is 22.4. The molecule has 1 aliphatic rings. The van der Waals surface area contributed by atoms with E-state index in [1.165, 1.54) is 0 Å². The van der Waals surface area contributed by atoms with Gasteiger partial charge in [-0.3, -0.25) is 9.97 Å². The van der Waals surface area contributed by atoms with E-state index in [4.69, 9.17) is 18.9 Å². The molecule has 8 nitrogen and oxygen atoms in total. The Labute approximate surface area is 225 Å². The number of pyridine rings is 2. The molecule has 2 N–H and O–H groups in total. The number of hydrogen-bond donors (Lipinski definition) is 2. The predicted molar refractivity (Wildman–Crippen MR) is 151 cm³/mol.